The zero-order valence-corrected chi connectivity index (χ0v) is 10.7. The van der Waals surface area contributed by atoms with Crippen LogP contribution < -0.4 is 10.1 Å². The molecule has 0 spiro atoms. The summed E-state index contributed by atoms with van der Waals surface area (Å²) in [6.07, 6.45) is 4.18. The van der Waals surface area contributed by atoms with Gasteiger partial charge >= 0.3 is 0 Å². The molecule has 2 N–H and O–H groups in total. The number of aliphatic hydroxyl groups is 1. The third-order valence-corrected chi connectivity index (χ3v) is 3.52. The van der Waals surface area contributed by atoms with Crippen LogP contribution in [0, 0.1) is 5.82 Å². The lowest BCUT2D eigenvalue weighted by Crippen LogP contribution is -2.30. The highest BCUT2D eigenvalue weighted by Crippen LogP contribution is 2.22. The molecule has 1 aliphatic rings. The molecule has 0 bridgehead atoms. The van der Waals surface area contributed by atoms with Crippen LogP contribution in [0.3, 0.4) is 0 Å². The second-order valence-electron chi connectivity index (χ2n) is 4.80. The largest absolute Gasteiger partial charge is 0.494 e. The maximum atomic E-state index is 13.5. The number of hydrogen-bond donors (Lipinski definition) is 2. The zero-order chi connectivity index (χ0) is 13.0. The Morgan fingerprint density at radius 1 is 1.44 bits per heavy atom. The Morgan fingerprint density at radius 3 is 2.78 bits per heavy atom. The van der Waals surface area contributed by atoms with Crippen molar-refractivity contribution in [3.8, 4) is 5.75 Å². The first-order valence-electron chi connectivity index (χ1n) is 6.45. The van der Waals surface area contributed by atoms with Crippen molar-refractivity contribution in [2.45, 2.75) is 37.8 Å². The lowest BCUT2D eigenvalue weighted by molar-refractivity contribution is 0.169. The lowest BCUT2D eigenvalue weighted by atomic mass is 10.1. The van der Waals surface area contributed by atoms with E-state index in [1.54, 1.807) is 12.1 Å². The van der Waals surface area contributed by atoms with E-state index in [4.69, 9.17) is 4.74 Å². The average Bonchev–Trinajstić information content (AvgIpc) is 2.89. The first-order valence-corrected chi connectivity index (χ1v) is 6.45. The standard InChI is InChI=1S/C14H20FNO2/c1-18-14-7-6-10(8-12(14)15)13(17)9-16-11-4-2-3-5-11/h6-8,11,13,16-17H,2-5,9H2,1H3. The van der Waals surface area contributed by atoms with E-state index in [0.717, 1.165) is 0 Å². The topological polar surface area (TPSA) is 41.5 Å². The summed E-state index contributed by atoms with van der Waals surface area (Å²) >= 11 is 0. The summed E-state index contributed by atoms with van der Waals surface area (Å²) in [6, 6.07) is 5.08. The first-order chi connectivity index (χ1) is 8.70. The molecule has 1 aromatic carbocycles. The van der Waals surface area contributed by atoms with Gasteiger partial charge in [0.25, 0.3) is 0 Å². The molecule has 1 atom stereocenters. The van der Waals surface area contributed by atoms with Gasteiger partial charge in [-0.05, 0) is 30.5 Å². The van der Waals surface area contributed by atoms with Crippen molar-refractivity contribution in [1.82, 2.24) is 5.32 Å². The minimum Gasteiger partial charge on any atom is -0.494 e. The smallest absolute Gasteiger partial charge is 0.165 e. The van der Waals surface area contributed by atoms with E-state index in [0.29, 0.717) is 18.2 Å². The first kappa shape index (κ1) is 13.3. The molecule has 100 valence electrons. The van der Waals surface area contributed by atoms with E-state index in [2.05, 4.69) is 5.32 Å². The summed E-state index contributed by atoms with van der Waals surface area (Å²) in [4.78, 5) is 0. The Bertz CT molecular complexity index is 391. The normalized spacial score (nSPS) is 17.9. The molecule has 0 heterocycles. The van der Waals surface area contributed by atoms with Gasteiger partial charge in [0.15, 0.2) is 11.6 Å². The third-order valence-electron chi connectivity index (χ3n) is 3.52. The fourth-order valence-corrected chi connectivity index (χ4v) is 2.42. The molecule has 0 aromatic heterocycles. The molecule has 1 aliphatic carbocycles. The van der Waals surface area contributed by atoms with Gasteiger partial charge in [0.1, 0.15) is 0 Å². The molecule has 0 amide bonds. The molecule has 1 saturated carbocycles. The Balaban J connectivity index is 1.91. The monoisotopic (exact) mass is 253 g/mol. The van der Waals surface area contributed by atoms with Gasteiger partial charge in [0.05, 0.1) is 13.2 Å². The van der Waals surface area contributed by atoms with E-state index < -0.39 is 11.9 Å². The molecule has 18 heavy (non-hydrogen) atoms. The van der Waals surface area contributed by atoms with Crippen LogP contribution in [0.15, 0.2) is 18.2 Å². The number of benzene rings is 1. The fourth-order valence-electron chi connectivity index (χ4n) is 2.42. The highest BCUT2D eigenvalue weighted by molar-refractivity contribution is 5.30. The molecule has 1 fully saturated rings. The average molecular weight is 253 g/mol. The van der Waals surface area contributed by atoms with Gasteiger partial charge in [-0.2, -0.15) is 0 Å². The van der Waals surface area contributed by atoms with Gasteiger partial charge in [-0.1, -0.05) is 18.9 Å². The SMILES string of the molecule is COc1ccc(C(O)CNC2CCCC2)cc1F. The van der Waals surface area contributed by atoms with E-state index >= 15 is 0 Å². The van der Waals surface area contributed by atoms with Gasteiger partial charge in [0.2, 0.25) is 0 Å². The van der Waals surface area contributed by atoms with Crippen molar-refractivity contribution < 1.29 is 14.2 Å². The summed E-state index contributed by atoms with van der Waals surface area (Å²) in [7, 11) is 1.43. The lowest BCUT2D eigenvalue weighted by Gasteiger charge is -2.16. The van der Waals surface area contributed by atoms with Crippen LogP contribution in [0.25, 0.3) is 0 Å². The van der Waals surface area contributed by atoms with Crippen molar-refractivity contribution in [1.29, 1.82) is 0 Å². The predicted molar refractivity (Wildman–Crippen MR) is 68.2 cm³/mol. The maximum absolute atomic E-state index is 13.5. The van der Waals surface area contributed by atoms with Crippen LogP contribution in [-0.4, -0.2) is 24.8 Å². The molecule has 1 unspecified atom stereocenters. The number of hydrogen-bond acceptors (Lipinski definition) is 3. The number of ether oxygens (including phenoxy) is 1. The minimum atomic E-state index is -0.675. The molecular formula is C14H20FNO2. The van der Waals surface area contributed by atoms with Gasteiger partial charge in [-0.15, -0.1) is 0 Å². The van der Waals surface area contributed by atoms with E-state index in [1.807, 2.05) is 0 Å². The molecule has 3 nitrogen and oxygen atoms in total. The fraction of sp³-hybridized carbons (Fsp3) is 0.571. The highest BCUT2D eigenvalue weighted by Gasteiger charge is 2.17. The van der Waals surface area contributed by atoms with Gasteiger partial charge in [-0.25, -0.2) is 4.39 Å². The molecule has 0 radical (unpaired) electrons. The molecule has 0 saturated heterocycles. The van der Waals surface area contributed by atoms with Crippen LogP contribution in [-0.2, 0) is 0 Å². The molecule has 4 heteroatoms. The van der Waals surface area contributed by atoms with Crippen molar-refractivity contribution in [2.75, 3.05) is 13.7 Å². The predicted octanol–water partition coefficient (Wildman–Crippen LogP) is 2.40. The summed E-state index contributed by atoms with van der Waals surface area (Å²) in [5.74, 6) is -0.232. The molecule has 0 aliphatic heterocycles. The summed E-state index contributed by atoms with van der Waals surface area (Å²) in [6.45, 7) is 0.469. The second-order valence-corrected chi connectivity index (χ2v) is 4.80. The van der Waals surface area contributed by atoms with Crippen LogP contribution in [0.2, 0.25) is 0 Å². The molecule has 1 aromatic rings. The number of aliphatic hydroxyl groups excluding tert-OH is 1. The van der Waals surface area contributed by atoms with Crippen LogP contribution >= 0.6 is 0 Å². The quantitative estimate of drug-likeness (QED) is 0.846. The second kappa shape index (κ2) is 6.16. The Morgan fingerprint density at radius 2 is 2.17 bits per heavy atom. The van der Waals surface area contributed by atoms with Crippen molar-refractivity contribution >= 4 is 0 Å². The number of rotatable bonds is 5. The number of nitrogens with one attached hydrogen (secondary N) is 1. The Kier molecular flexibility index (Phi) is 4.55. The van der Waals surface area contributed by atoms with E-state index in [-0.39, 0.29) is 5.75 Å². The number of halogens is 1. The van der Waals surface area contributed by atoms with Gasteiger partial charge < -0.3 is 15.2 Å². The summed E-state index contributed by atoms with van der Waals surface area (Å²) in [5.41, 5.74) is 0.582. The van der Waals surface area contributed by atoms with E-state index in [1.165, 1.54) is 38.9 Å². The van der Waals surface area contributed by atoms with Crippen molar-refractivity contribution in [3.63, 3.8) is 0 Å². The maximum Gasteiger partial charge on any atom is 0.165 e. The molecule has 2 rings (SSSR count). The van der Waals surface area contributed by atoms with Crippen LogP contribution in [0.1, 0.15) is 37.4 Å². The van der Waals surface area contributed by atoms with Gasteiger partial charge in [-0.3, -0.25) is 0 Å². The Hall–Kier alpha value is -1.13. The minimum absolute atomic E-state index is 0.203. The van der Waals surface area contributed by atoms with Gasteiger partial charge in [0, 0.05) is 12.6 Å². The van der Waals surface area contributed by atoms with Crippen molar-refractivity contribution in [3.05, 3.63) is 29.6 Å². The molecular weight excluding hydrogens is 233 g/mol. The third kappa shape index (κ3) is 3.21. The van der Waals surface area contributed by atoms with Crippen molar-refractivity contribution in [2.24, 2.45) is 0 Å². The summed E-state index contributed by atoms with van der Waals surface area (Å²) in [5, 5.41) is 13.3. The van der Waals surface area contributed by atoms with Crippen LogP contribution in [0.5, 0.6) is 5.75 Å². The van der Waals surface area contributed by atoms with E-state index in [9.17, 15) is 9.50 Å². The van der Waals surface area contributed by atoms with Crippen LogP contribution in [0.4, 0.5) is 4.39 Å². The number of methoxy groups -OCH3 is 1. The zero-order valence-electron chi connectivity index (χ0n) is 10.7. The highest BCUT2D eigenvalue weighted by atomic mass is 19.1. The Labute approximate surface area is 107 Å². The summed E-state index contributed by atoms with van der Waals surface area (Å²) < 4.78 is 18.3.